The minimum atomic E-state index is 0.0587. The molecule has 90 valence electrons. The van der Waals surface area contributed by atoms with Gasteiger partial charge in [0.2, 0.25) is 0 Å². The Hall–Kier alpha value is -1.10. The molecule has 1 unspecified atom stereocenters. The van der Waals surface area contributed by atoms with Crippen LogP contribution in [0.4, 0.5) is 0 Å². The first-order valence-electron chi connectivity index (χ1n) is 6.10. The van der Waals surface area contributed by atoms with Crippen molar-refractivity contribution in [3.63, 3.8) is 0 Å². The zero-order valence-electron chi connectivity index (χ0n) is 10.1. The van der Waals surface area contributed by atoms with Crippen LogP contribution in [-0.2, 0) is 19.5 Å². The third kappa shape index (κ3) is 2.04. The zero-order valence-corrected chi connectivity index (χ0v) is 10.1. The van der Waals surface area contributed by atoms with Gasteiger partial charge in [0.05, 0.1) is 6.54 Å². The first-order valence-corrected chi connectivity index (χ1v) is 6.10. The summed E-state index contributed by atoms with van der Waals surface area (Å²) in [5, 5.41) is 7.61. The van der Waals surface area contributed by atoms with Gasteiger partial charge in [0.15, 0.2) is 0 Å². The molecule has 0 aromatic carbocycles. The van der Waals surface area contributed by atoms with Crippen LogP contribution in [0.2, 0.25) is 0 Å². The fraction of sp³-hybridized carbons (Fsp3) is 0.818. The standard InChI is InChI=1S/C11H20N4O/c1-3-9(12-2)8-15-11(16)14-7-5-4-6-10(14)13-15/h9,12H,3-8H2,1-2H3. The quantitative estimate of drug-likeness (QED) is 0.804. The molecule has 5 nitrogen and oxygen atoms in total. The third-order valence-electron chi connectivity index (χ3n) is 3.33. The van der Waals surface area contributed by atoms with E-state index in [2.05, 4.69) is 17.3 Å². The van der Waals surface area contributed by atoms with E-state index in [0.29, 0.717) is 12.6 Å². The van der Waals surface area contributed by atoms with Crippen molar-refractivity contribution in [2.45, 2.75) is 51.7 Å². The summed E-state index contributed by atoms with van der Waals surface area (Å²) >= 11 is 0. The topological polar surface area (TPSA) is 51.9 Å². The van der Waals surface area contributed by atoms with E-state index >= 15 is 0 Å². The molecule has 0 radical (unpaired) electrons. The van der Waals surface area contributed by atoms with Gasteiger partial charge >= 0.3 is 5.69 Å². The molecule has 0 spiro atoms. The van der Waals surface area contributed by atoms with Crippen molar-refractivity contribution >= 4 is 0 Å². The number of nitrogens with zero attached hydrogens (tertiary/aromatic N) is 3. The number of hydrogen-bond acceptors (Lipinski definition) is 3. The lowest BCUT2D eigenvalue weighted by atomic mass is 10.2. The number of rotatable bonds is 4. The van der Waals surface area contributed by atoms with Gasteiger partial charge in [0.1, 0.15) is 5.82 Å². The Morgan fingerprint density at radius 1 is 1.50 bits per heavy atom. The molecule has 2 rings (SSSR count). The smallest absolute Gasteiger partial charge is 0.315 e. The highest BCUT2D eigenvalue weighted by atomic mass is 16.2. The molecule has 16 heavy (non-hydrogen) atoms. The second-order valence-electron chi connectivity index (χ2n) is 4.38. The Bertz CT molecular complexity index is 403. The molecule has 0 bridgehead atoms. The SMILES string of the molecule is CCC(Cn1nc2n(c1=O)CCCC2)NC. The maximum absolute atomic E-state index is 12.0. The van der Waals surface area contributed by atoms with Crippen LogP contribution in [0, 0.1) is 0 Å². The lowest BCUT2D eigenvalue weighted by Gasteiger charge is -2.12. The van der Waals surface area contributed by atoms with E-state index in [-0.39, 0.29) is 5.69 Å². The largest absolute Gasteiger partial charge is 0.345 e. The van der Waals surface area contributed by atoms with E-state index in [1.165, 1.54) is 0 Å². The van der Waals surface area contributed by atoms with Crippen molar-refractivity contribution in [2.75, 3.05) is 7.05 Å². The van der Waals surface area contributed by atoms with Crippen molar-refractivity contribution < 1.29 is 0 Å². The van der Waals surface area contributed by atoms with Gasteiger partial charge < -0.3 is 5.32 Å². The second-order valence-corrected chi connectivity index (χ2v) is 4.38. The number of likely N-dealkylation sites (N-methyl/N-ethyl adjacent to an activating group) is 1. The molecular formula is C11H20N4O. The molecule has 1 atom stereocenters. The van der Waals surface area contributed by atoms with E-state index < -0.39 is 0 Å². The lowest BCUT2D eigenvalue weighted by Crippen LogP contribution is -2.35. The third-order valence-corrected chi connectivity index (χ3v) is 3.33. The van der Waals surface area contributed by atoms with Crippen molar-refractivity contribution in [2.24, 2.45) is 0 Å². The highest BCUT2D eigenvalue weighted by Gasteiger charge is 2.17. The minimum absolute atomic E-state index is 0.0587. The molecule has 1 aliphatic heterocycles. The summed E-state index contributed by atoms with van der Waals surface area (Å²) < 4.78 is 3.44. The lowest BCUT2D eigenvalue weighted by molar-refractivity contribution is 0.430. The first kappa shape index (κ1) is 11.4. The first-order chi connectivity index (χ1) is 7.76. The van der Waals surface area contributed by atoms with E-state index in [9.17, 15) is 4.79 Å². The molecule has 0 aliphatic carbocycles. The Balaban J connectivity index is 2.22. The molecule has 2 heterocycles. The van der Waals surface area contributed by atoms with Gasteiger partial charge in [-0.25, -0.2) is 9.48 Å². The van der Waals surface area contributed by atoms with Gasteiger partial charge in [-0.15, -0.1) is 0 Å². The Morgan fingerprint density at radius 2 is 2.31 bits per heavy atom. The van der Waals surface area contributed by atoms with E-state index in [1.54, 1.807) is 4.68 Å². The van der Waals surface area contributed by atoms with Crippen LogP contribution in [0.15, 0.2) is 4.79 Å². The number of fused-ring (bicyclic) bond motifs is 1. The van der Waals surface area contributed by atoms with Crippen molar-refractivity contribution in [3.8, 4) is 0 Å². The molecule has 0 saturated heterocycles. The van der Waals surface area contributed by atoms with Crippen molar-refractivity contribution in [1.82, 2.24) is 19.7 Å². The monoisotopic (exact) mass is 224 g/mol. The molecule has 1 N–H and O–H groups in total. The number of aromatic nitrogens is 3. The van der Waals surface area contributed by atoms with Crippen LogP contribution < -0.4 is 11.0 Å². The van der Waals surface area contributed by atoms with E-state index in [4.69, 9.17) is 0 Å². The summed E-state index contributed by atoms with van der Waals surface area (Å²) in [4.78, 5) is 12.0. The van der Waals surface area contributed by atoms with E-state index in [0.717, 1.165) is 38.1 Å². The molecule has 0 saturated carbocycles. The van der Waals surface area contributed by atoms with Crippen LogP contribution in [0.25, 0.3) is 0 Å². The second kappa shape index (κ2) is 4.82. The Kier molecular flexibility index (Phi) is 3.43. The molecule has 0 fully saturated rings. The number of nitrogens with one attached hydrogen (secondary N) is 1. The van der Waals surface area contributed by atoms with Gasteiger partial charge in [0, 0.05) is 19.0 Å². The molecule has 0 amide bonds. The Labute approximate surface area is 95.5 Å². The van der Waals surface area contributed by atoms with E-state index in [1.807, 2.05) is 11.6 Å². The van der Waals surface area contributed by atoms with Gasteiger partial charge in [-0.1, -0.05) is 6.92 Å². The molecule has 5 heteroatoms. The maximum atomic E-state index is 12.0. The molecule has 1 aromatic heterocycles. The van der Waals surface area contributed by atoms with Gasteiger partial charge in [-0.05, 0) is 26.3 Å². The van der Waals surface area contributed by atoms with Crippen molar-refractivity contribution in [1.29, 1.82) is 0 Å². The van der Waals surface area contributed by atoms with Crippen LogP contribution in [0.3, 0.4) is 0 Å². The predicted octanol–water partition coefficient (Wildman–Crippen LogP) is 0.379. The van der Waals surface area contributed by atoms with Crippen molar-refractivity contribution in [3.05, 3.63) is 16.3 Å². The zero-order chi connectivity index (χ0) is 11.5. The summed E-state index contributed by atoms with van der Waals surface area (Å²) in [6, 6.07) is 0.328. The predicted molar refractivity (Wildman–Crippen MR) is 62.6 cm³/mol. The fourth-order valence-electron chi connectivity index (χ4n) is 2.20. The van der Waals surface area contributed by atoms with Crippen LogP contribution in [0.1, 0.15) is 32.0 Å². The summed E-state index contributed by atoms with van der Waals surface area (Å²) in [6.45, 7) is 3.62. The fourth-order valence-corrected chi connectivity index (χ4v) is 2.20. The Morgan fingerprint density at radius 3 is 2.94 bits per heavy atom. The van der Waals surface area contributed by atoms with Crippen LogP contribution >= 0.6 is 0 Å². The molecule has 1 aliphatic rings. The van der Waals surface area contributed by atoms with Crippen LogP contribution in [-0.4, -0.2) is 27.4 Å². The average Bonchev–Trinajstić information content (AvgIpc) is 2.64. The molecule has 1 aromatic rings. The van der Waals surface area contributed by atoms with Gasteiger partial charge in [-0.2, -0.15) is 5.10 Å². The van der Waals surface area contributed by atoms with Gasteiger partial charge in [0.25, 0.3) is 0 Å². The summed E-state index contributed by atoms with van der Waals surface area (Å²) in [5.41, 5.74) is 0.0587. The summed E-state index contributed by atoms with van der Waals surface area (Å²) in [5.74, 6) is 0.960. The van der Waals surface area contributed by atoms with Crippen LogP contribution in [0.5, 0.6) is 0 Å². The normalized spacial score (nSPS) is 17.1. The van der Waals surface area contributed by atoms with Gasteiger partial charge in [-0.3, -0.25) is 4.57 Å². The molecular weight excluding hydrogens is 204 g/mol. The highest BCUT2D eigenvalue weighted by molar-refractivity contribution is 4.91. The summed E-state index contributed by atoms with van der Waals surface area (Å²) in [7, 11) is 1.93. The minimum Gasteiger partial charge on any atom is -0.315 e. The number of aryl methyl sites for hydroxylation is 1. The average molecular weight is 224 g/mol. The maximum Gasteiger partial charge on any atom is 0.345 e. The highest BCUT2D eigenvalue weighted by Crippen LogP contribution is 2.09. The number of hydrogen-bond donors (Lipinski definition) is 1. The summed E-state index contributed by atoms with van der Waals surface area (Å²) in [6.07, 6.45) is 4.20.